The molecule has 1 fully saturated rings. The molecule has 0 N–H and O–H groups in total. The summed E-state index contributed by atoms with van der Waals surface area (Å²) in [6.45, 7) is 3.96. The van der Waals surface area contributed by atoms with E-state index >= 15 is 0 Å². The second kappa shape index (κ2) is 4.54. The quantitative estimate of drug-likeness (QED) is 0.677. The molecule has 2 unspecified atom stereocenters. The van der Waals surface area contributed by atoms with E-state index in [2.05, 4.69) is 4.31 Å². The van der Waals surface area contributed by atoms with Crippen LogP contribution in [0.4, 0.5) is 0 Å². The molecule has 1 heterocycles. The Morgan fingerprint density at radius 3 is 2.38 bits per heavy atom. The molecule has 1 aliphatic heterocycles. The fourth-order valence-corrected chi connectivity index (χ4v) is 2.76. The molecule has 1 saturated heterocycles. The van der Waals surface area contributed by atoms with Crippen molar-refractivity contribution in [2.24, 2.45) is 0 Å². The Bertz CT molecular complexity index is 225. The topological polar surface area (TPSA) is 61.8 Å². The Kier molecular flexibility index (Phi) is 3.89. The van der Waals surface area contributed by atoms with Crippen LogP contribution in [0.3, 0.4) is 0 Å². The molecular formula is C6H12O5P2+2. The summed E-state index contributed by atoms with van der Waals surface area (Å²) < 4.78 is 36.4. The fourth-order valence-electron chi connectivity index (χ4n) is 1.03. The Hall–Kier alpha value is 0.0800. The van der Waals surface area contributed by atoms with E-state index in [4.69, 9.17) is 9.05 Å². The van der Waals surface area contributed by atoms with Crippen molar-refractivity contribution >= 4 is 16.5 Å². The van der Waals surface area contributed by atoms with Gasteiger partial charge in [0.05, 0.1) is 0 Å². The van der Waals surface area contributed by atoms with Gasteiger partial charge in [-0.3, -0.25) is 0 Å². The third-order valence-electron chi connectivity index (χ3n) is 2.12. The third-order valence-corrected chi connectivity index (χ3v) is 4.07. The van der Waals surface area contributed by atoms with Crippen molar-refractivity contribution in [1.82, 2.24) is 0 Å². The Labute approximate surface area is 78.7 Å². The molecule has 13 heavy (non-hydrogen) atoms. The van der Waals surface area contributed by atoms with E-state index in [0.717, 1.165) is 0 Å². The lowest BCUT2D eigenvalue weighted by molar-refractivity contribution is 0.0261. The van der Waals surface area contributed by atoms with Gasteiger partial charge in [0.2, 0.25) is 0 Å². The van der Waals surface area contributed by atoms with Crippen molar-refractivity contribution in [1.29, 1.82) is 0 Å². The summed E-state index contributed by atoms with van der Waals surface area (Å²) in [5, 5.41) is 0. The third kappa shape index (κ3) is 2.76. The monoisotopic (exact) mass is 226 g/mol. The van der Waals surface area contributed by atoms with Crippen molar-refractivity contribution in [2.45, 2.75) is 32.3 Å². The average Bonchev–Trinajstić information content (AvgIpc) is 2.25. The minimum Gasteiger partial charge on any atom is -0.113 e. The predicted octanol–water partition coefficient (Wildman–Crippen LogP) is 2.92. The Morgan fingerprint density at radius 1 is 1.23 bits per heavy atom. The van der Waals surface area contributed by atoms with Gasteiger partial charge in [-0.1, -0.05) is 13.8 Å². The zero-order chi connectivity index (χ0) is 9.90. The minimum absolute atomic E-state index is 0.163. The summed E-state index contributed by atoms with van der Waals surface area (Å²) in [5.41, 5.74) is -0.616. The van der Waals surface area contributed by atoms with E-state index in [0.29, 0.717) is 12.8 Å². The molecule has 1 aliphatic rings. The van der Waals surface area contributed by atoms with E-state index in [-0.39, 0.29) is 6.61 Å². The zero-order valence-corrected chi connectivity index (χ0v) is 9.35. The predicted molar refractivity (Wildman–Crippen MR) is 46.6 cm³/mol. The molecule has 0 bridgehead atoms. The molecule has 5 nitrogen and oxygen atoms in total. The van der Waals surface area contributed by atoms with Crippen LogP contribution >= 0.6 is 16.5 Å². The van der Waals surface area contributed by atoms with Gasteiger partial charge < -0.3 is 0 Å². The van der Waals surface area contributed by atoms with Crippen molar-refractivity contribution in [2.75, 3.05) is 6.61 Å². The molecule has 0 spiro atoms. The van der Waals surface area contributed by atoms with Gasteiger partial charge in [-0.25, -0.2) is 0 Å². The molecule has 0 aromatic heterocycles. The van der Waals surface area contributed by atoms with Crippen molar-refractivity contribution in [3.63, 3.8) is 0 Å². The first-order valence-corrected chi connectivity index (χ1v) is 6.25. The summed E-state index contributed by atoms with van der Waals surface area (Å²) in [5.74, 6) is 0. The molecule has 0 saturated carbocycles. The first-order chi connectivity index (χ1) is 6.12. The second-order valence-corrected chi connectivity index (χ2v) is 4.77. The van der Waals surface area contributed by atoms with Crippen LogP contribution in [0.2, 0.25) is 0 Å². The van der Waals surface area contributed by atoms with E-state index < -0.39 is 22.1 Å². The fraction of sp³-hybridized carbons (Fsp3) is 1.00. The van der Waals surface area contributed by atoms with Gasteiger partial charge in [-0.15, -0.1) is 9.05 Å². The second-order valence-electron chi connectivity index (χ2n) is 2.78. The standard InChI is InChI=1S/C6H12O5P2/c1-3-6(4-2)5-9-12(7)11-13(8)10-6/h3-5H2,1-2H3/q+2. The van der Waals surface area contributed by atoms with Crippen LogP contribution in [0.1, 0.15) is 26.7 Å². The molecule has 7 heteroatoms. The van der Waals surface area contributed by atoms with Gasteiger partial charge >= 0.3 is 16.5 Å². The van der Waals surface area contributed by atoms with Crippen LogP contribution < -0.4 is 0 Å². The van der Waals surface area contributed by atoms with Gasteiger partial charge in [0.15, 0.2) is 9.91 Å². The van der Waals surface area contributed by atoms with Crippen molar-refractivity contribution in [3.05, 3.63) is 0 Å². The average molecular weight is 226 g/mol. The highest BCUT2D eigenvalue weighted by Crippen LogP contribution is 2.48. The highest BCUT2D eigenvalue weighted by molar-refractivity contribution is 7.47. The van der Waals surface area contributed by atoms with Crippen LogP contribution in [0, 0.1) is 0 Å². The number of hydrogen-bond donors (Lipinski definition) is 0. The molecule has 2 atom stereocenters. The largest absolute Gasteiger partial charge is 0.748 e. The normalized spacial score (nSPS) is 28.5. The molecular weight excluding hydrogens is 214 g/mol. The van der Waals surface area contributed by atoms with Gasteiger partial charge in [-0.2, -0.15) is 0 Å². The lowest BCUT2D eigenvalue weighted by Crippen LogP contribution is -2.32. The maximum atomic E-state index is 11.1. The van der Waals surface area contributed by atoms with Crippen LogP contribution in [0.25, 0.3) is 0 Å². The Balaban J connectivity index is 2.76. The molecule has 0 aromatic rings. The van der Waals surface area contributed by atoms with Crippen LogP contribution in [0.15, 0.2) is 0 Å². The highest BCUT2D eigenvalue weighted by atomic mass is 31.2. The lowest BCUT2D eigenvalue weighted by Gasteiger charge is -2.19. The summed E-state index contributed by atoms with van der Waals surface area (Å²) in [4.78, 5) is 0. The first kappa shape index (κ1) is 11.2. The molecule has 0 radical (unpaired) electrons. The maximum absolute atomic E-state index is 11.1. The van der Waals surface area contributed by atoms with Gasteiger partial charge in [0.1, 0.15) is 6.61 Å². The number of rotatable bonds is 2. The highest BCUT2D eigenvalue weighted by Gasteiger charge is 2.53. The Morgan fingerprint density at radius 2 is 1.85 bits per heavy atom. The number of hydrogen-bond acceptors (Lipinski definition) is 5. The van der Waals surface area contributed by atoms with Gasteiger partial charge in [0.25, 0.3) is 0 Å². The van der Waals surface area contributed by atoms with Crippen LogP contribution in [-0.2, 0) is 22.5 Å². The van der Waals surface area contributed by atoms with E-state index in [1.165, 1.54) is 0 Å². The smallest absolute Gasteiger partial charge is 0.113 e. The van der Waals surface area contributed by atoms with Crippen LogP contribution in [0.5, 0.6) is 0 Å². The van der Waals surface area contributed by atoms with E-state index in [1.54, 1.807) is 0 Å². The molecule has 0 aromatic carbocycles. The van der Waals surface area contributed by atoms with Crippen molar-refractivity contribution < 1.29 is 22.5 Å². The zero-order valence-electron chi connectivity index (χ0n) is 7.56. The van der Waals surface area contributed by atoms with Gasteiger partial charge in [-0.05, 0) is 12.8 Å². The molecule has 0 amide bonds. The minimum atomic E-state index is -2.32. The first-order valence-electron chi connectivity index (χ1n) is 4.06. The maximum Gasteiger partial charge on any atom is 0.748 e. The van der Waals surface area contributed by atoms with Crippen LogP contribution in [-0.4, -0.2) is 12.2 Å². The summed E-state index contributed by atoms with van der Waals surface area (Å²) in [6.07, 6.45) is 1.30. The molecule has 1 rings (SSSR count). The van der Waals surface area contributed by atoms with E-state index in [9.17, 15) is 9.13 Å². The lowest BCUT2D eigenvalue weighted by atomic mass is 9.99. The molecule has 0 aliphatic carbocycles. The van der Waals surface area contributed by atoms with Crippen molar-refractivity contribution in [3.8, 4) is 0 Å². The summed E-state index contributed by atoms with van der Waals surface area (Å²) >= 11 is 0. The summed E-state index contributed by atoms with van der Waals surface area (Å²) in [6, 6.07) is 0. The summed E-state index contributed by atoms with van der Waals surface area (Å²) in [7, 11) is -4.60. The van der Waals surface area contributed by atoms with Gasteiger partial charge in [0, 0.05) is 9.13 Å². The molecule has 74 valence electrons. The SMILES string of the molecule is CCC1(CC)CO[P+](=O)O[P+](=O)O1. The van der Waals surface area contributed by atoms with E-state index in [1.807, 2.05) is 13.8 Å².